The standard InChI is InChI=1S/C42H48N8O3/c1-28(2)43-25-7-8-26-44-39(51)22-23-40(52)53-27-24-29-14-16-30(17-15-29)47-48-34-18-19-35(32-11-6-5-10-31(32)34)49-50-36-20-21-38-41-33(36)12-9-13-37(41)45-42(3,4)46-38/h5-6,9-21,28,43,45-46H,7-8,22-27H2,1-4H3,(H,44,51). The van der Waals surface area contributed by atoms with Crippen molar-refractivity contribution in [3.8, 4) is 0 Å². The van der Waals surface area contributed by atoms with Crippen LogP contribution in [0.2, 0.25) is 0 Å². The summed E-state index contributed by atoms with van der Waals surface area (Å²) < 4.78 is 5.36. The van der Waals surface area contributed by atoms with Crippen molar-refractivity contribution in [2.75, 3.05) is 30.3 Å². The van der Waals surface area contributed by atoms with Crippen LogP contribution in [0.4, 0.5) is 34.1 Å². The summed E-state index contributed by atoms with van der Waals surface area (Å²) in [5.41, 5.74) is 5.86. The van der Waals surface area contributed by atoms with Gasteiger partial charge >= 0.3 is 5.97 Å². The van der Waals surface area contributed by atoms with Crippen molar-refractivity contribution in [3.05, 3.63) is 96.6 Å². The van der Waals surface area contributed by atoms with Gasteiger partial charge in [-0.2, -0.15) is 5.11 Å². The number of anilines is 2. The molecule has 0 unspecified atom stereocenters. The molecule has 5 aromatic carbocycles. The topological polar surface area (TPSA) is 141 Å². The van der Waals surface area contributed by atoms with E-state index in [0.717, 1.165) is 74.9 Å². The monoisotopic (exact) mass is 712 g/mol. The molecule has 0 saturated carbocycles. The summed E-state index contributed by atoms with van der Waals surface area (Å²) in [7, 11) is 0. The molecule has 0 spiro atoms. The zero-order chi connectivity index (χ0) is 37.2. The van der Waals surface area contributed by atoms with E-state index in [1.54, 1.807) is 0 Å². The maximum atomic E-state index is 12.2. The van der Waals surface area contributed by atoms with E-state index in [9.17, 15) is 9.59 Å². The van der Waals surface area contributed by atoms with Crippen LogP contribution in [0.1, 0.15) is 58.9 Å². The number of rotatable bonds is 16. The molecule has 0 atom stereocenters. The number of fused-ring (bicyclic) bond motifs is 1. The third-order valence-corrected chi connectivity index (χ3v) is 8.95. The summed E-state index contributed by atoms with van der Waals surface area (Å²) >= 11 is 0. The van der Waals surface area contributed by atoms with Gasteiger partial charge in [-0.25, -0.2) is 0 Å². The lowest BCUT2D eigenvalue weighted by molar-refractivity contribution is -0.144. The van der Waals surface area contributed by atoms with Gasteiger partial charge in [-0.15, -0.1) is 15.3 Å². The highest BCUT2D eigenvalue weighted by Gasteiger charge is 2.25. The van der Waals surface area contributed by atoms with Crippen LogP contribution in [0.15, 0.2) is 111 Å². The number of esters is 1. The number of hydrogen-bond donors (Lipinski definition) is 4. The van der Waals surface area contributed by atoms with Crippen LogP contribution in [-0.4, -0.2) is 43.3 Å². The molecule has 11 heteroatoms. The molecule has 1 amide bonds. The van der Waals surface area contributed by atoms with Crippen molar-refractivity contribution in [2.24, 2.45) is 20.5 Å². The minimum absolute atomic E-state index is 0.0683. The number of benzene rings is 5. The van der Waals surface area contributed by atoms with Gasteiger partial charge in [0.25, 0.3) is 0 Å². The molecule has 0 aromatic heterocycles. The van der Waals surface area contributed by atoms with E-state index in [1.807, 2.05) is 72.8 Å². The van der Waals surface area contributed by atoms with Gasteiger partial charge in [0, 0.05) is 58.3 Å². The van der Waals surface area contributed by atoms with Gasteiger partial charge in [-0.1, -0.05) is 62.4 Å². The minimum atomic E-state index is -0.373. The zero-order valence-corrected chi connectivity index (χ0v) is 30.9. The predicted molar refractivity (Wildman–Crippen MR) is 213 cm³/mol. The van der Waals surface area contributed by atoms with Crippen LogP contribution in [0.5, 0.6) is 0 Å². The fraction of sp³-hybridized carbons (Fsp3) is 0.333. The van der Waals surface area contributed by atoms with Gasteiger partial charge in [0.15, 0.2) is 0 Å². The second kappa shape index (κ2) is 17.2. The van der Waals surface area contributed by atoms with E-state index in [1.165, 1.54) is 0 Å². The Morgan fingerprint density at radius 1 is 0.698 bits per heavy atom. The van der Waals surface area contributed by atoms with E-state index < -0.39 is 0 Å². The Morgan fingerprint density at radius 2 is 1.30 bits per heavy atom. The molecular formula is C42H48N8O3. The van der Waals surface area contributed by atoms with Crippen LogP contribution in [0.3, 0.4) is 0 Å². The van der Waals surface area contributed by atoms with E-state index in [4.69, 9.17) is 15.0 Å². The molecule has 4 N–H and O–H groups in total. The van der Waals surface area contributed by atoms with Crippen molar-refractivity contribution in [3.63, 3.8) is 0 Å². The lowest BCUT2D eigenvalue weighted by Gasteiger charge is -2.36. The molecule has 0 fully saturated rings. The Labute approximate surface area is 310 Å². The molecule has 1 aliphatic heterocycles. The number of nitrogens with one attached hydrogen (secondary N) is 4. The Hall–Kier alpha value is -5.68. The van der Waals surface area contributed by atoms with Crippen molar-refractivity contribution < 1.29 is 14.3 Å². The molecule has 0 bridgehead atoms. The van der Waals surface area contributed by atoms with E-state index in [0.29, 0.717) is 24.7 Å². The average molecular weight is 713 g/mol. The smallest absolute Gasteiger partial charge is 0.306 e. The number of azo groups is 2. The fourth-order valence-electron chi connectivity index (χ4n) is 6.31. The molecule has 0 aliphatic carbocycles. The van der Waals surface area contributed by atoms with Gasteiger partial charge in [0.05, 0.1) is 35.8 Å². The van der Waals surface area contributed by atoms with Crippen molar-refractivity contribution >= 4 is 67.5 Å². The number of unbranched alkanes of at least 4 members (excludes halogenated alkanes) is 1. The zero-order valence-electron chi connectivity index (χ0n) is 30.9. The Balaban J connectivity index is 1.01. The van der Waals surface area contributed by atoms with Crippen LogP contribution >= 0.6 is 0 Å². The average Bonchev–Trinajstić information content (AvgIpc) is 3.14. The summed E-state index contributed by atoms with van der Waals surface area (Å²) in [6.07, 6.45) is 2.66. The summed E-state index contributed by atoms with van der Waals surface area (Å²) in [6, 6.07) is 30.2. The second-order valence-electron chi connectivity index (χ2n) is 14.1. The number of nitrogens with zero attached hydrogens (tertiary/aromatic N) is 4. The lowest BCUT2D eigenvalue weighted by Crippen LogP contribution is -2.41. The van der Waals surface area contributed by atoms with E-state index in [-0.39, 0.29) is 37.0 Å². The number of carbonyl (C=O) groups excluding carboxylic acids is 2. The Morgan fingerprint density at radius 3 is 2.00 bits per heavy atom. The molecule has 11 nitrogen and oxygen atoms in total. The maximum absolute atomic E-state index is 12.2. The maximum Gasteiger partial charge on any atom is 0.306 e. The van der Waals surface area contributed by atoms with Gasteiger partial charge in [-0.05, 0) is 81.3 Å². The number of carbonyl (C=O) groups is 2. The Kier molecular flexibility index (Phi) is 12.1. The van der Waals surface area contributed by atoms with Crippen molar-refractivity contribution in [1.82, 2.24) is 10.6 Å². The van der Waals surface area contributed by atoms with E-state index in [2.05, 4.69) is 77.4 Å². The summed E-state index contributed by atoms with van der Waals surface area (Å²) in [5, 5.41) is 35.8. The lowest BCUT2D eigenvalue weighted by atomic mass is 10.00. The molecule has 5 aromatic rings. The first-order valence-electron chi connectivity index (χ1n) is 18.4. The molecule has 0 saturated heterocycles. The second-order valence-corrected chi connectivity index (χ2v) is 14.1. The minimum Gasteiger partial charge on any atom is -0.465 e. The van der Waals surface area contributed by atoms with Crippen LogP contribution in [0, 0.1) is 0 Å². The molecule has 1 heterocycles. The summed E-state index contributed by atoms with van der Waals surface area (Å²) in [5.74, 6) is -0.500. The molecule has 53 heavy (non-hydrogen) atoms. The van der Waals surface area contributed by atoms with Crippen LogP contribution in [0.25, 0.3) is 21.5 Å². The highest BCUT2D eigenvalue weighted by molar-refractivity contribution is 6.09. The largest absolute Gasteiger partial charge is 0.465 e. The summed E-state index contributed by atoms with van der Waals surface area (Å²) in [6.45, 7) is 10.2. The predicted octanol–water partition coefficient (Wildman–Crippen LogP) is 10.2. The third-order valence-electron chi connectivity index (χ3n) is 8.95. The van der Waals surface area contributed by atoms with Crippen LogP contribution < -0.4 is 21.3 Å². The molecular weight excluding hydrogens is 665 g/mol. The molecule has 6 rings (SSSR count). The normalized spacial score (nSPS) is 13.5. The first-order valence-corrected chi connectivity index (χ1v) is 18.4. The number of ether oxygens (including phenoxy) is 1. The number of hydrogen-bond acceptors (Lipinski definition) is 10. The highest BCUT2D eigenvalue weighted by Crippen LogP contribution is 2.42. The van der Waals surface area contributed by atoms with Gasteiger partial charge < -0.3 is 26.0 Å². The van der Waals surface area contributed by atoms with E-state index >= 15 is 0 Å². The number of amides is 1. The van der Waals surface area contributed by atoms with Gasteiger partial charge in [0.1, 0.15) is 5.66 Å². The van der Waals surface area contributed by atoms with Gasteiger partial charge in [0.2, 0.25) is 5.91 Å². The molecule has 274 valence electrons. The van der Waals surface area contributed by atoms with Crippen molar-refractivity contribution in [2.45, 2.75) is 71.5 Å². The Bertz CT molecular complexity index is 2110. The first kappa shape index (κ1) is 37.1. The third kappa shape index (κ3) is 10.0. The highest BCUT2D eigenvalue weighted by atomic mass is 16.5. The SMILES string of the molecule is CC(C)NCCCCNC(=O)CCC(=O)OCCc1ccc(N=Nc2ccc(N=Nc3ccc4c5c(cccc35)NC(C)(C)N4)c3ccccc23)cc1. The molecule has 0 radical (unpaired) electrons. The van der Waals surface area contributed by atoms with Crippen molar-refractivity contribution in [1.29, 1.82) is 0 Å². The molecule has 1 aliphatic rings. The fourth-order valence-corrected chi connectivity index (χ4v) is 6.31. The quantitative estimate of drug-likeness (QED) is 0.0456. The summed E-state index contributed by atoms with van der Waals surface area (Å²) in [4.78, 5) is 24.2. The van der Waals surface area contributed by atoms with Gasteiger partial charge in [-0.3, -0.25) is 9.59 Å². The van der Waals surface area contributed by atoms with Crippen LogP contribution in [-0.2, 0) is 20.7 Å². The first-order chi connectivity index (χ1) is 25.6.